The molecule has 0 spiro atoms. The SMILES string of the molecule is CCN(CC(F)(F)F)CC(C)(N)C(=O)OC. The number of hydrogen-bond acceptors (Lipinski definition) is 4. The van der Waals surface area contributed by atoms with Crippen LogP contribution >= 0.6 is 0 Å². The van der Waals surface area contributed by atoms with Crippen LogP contribution in [0.1, 0.15) is 13.8 Å². The second kappa shape index (κ2) is 5.49. The van der Waals surface area contributed by atoms with Crippen LogP contribution in [-0.4, -0.2) is 49.3 Å². The highest BCUT2D eigenvalue weighted by molar-refractivity contribution is 5.80. The molecule has 0 aromatic heterocycles. The molecule has 0 rings (SSSR count). The van der Waals surface area contributed by atoms with Crippen molar-refractivity contribution in [1.82, 2.24) is 4.90 Å². The van der Waals surface area contributed by atoms with Crippen LogP contribution in [0.2, 0.25) is 0 Å². The Morgan fingerprint density at radius 1 is 1.38 bits per heavy atom. The van der Waals surface area contributed by atoms with Crippen LogP contribution in [0.25, 0.3) is 0 Å². The van der Waals surface area contributed by atoms with E-state index in [4.69, 9.17) is 5.73 Å². The third-order valence-corrected chi connectivity index (χ3v) is 2.05. The first-order chi connectivity index (χ1) is 7.12. The van der Waals surface area contributed by atoms with Crippen LogP contribution < -0.4 is 5.73 Å². The molecule has 0 aromatic carbocycles. The van der Waals surface area contributed by atoms with Crippen LogP contribution in [0.5, 0.6) is 0 Å². The van der Waals surface area contributed by atoms with E-state index in [0.29, 0.717) is 0 Å². The first-order valence-corrected chi connectivity index (χ1v) is 4.79. The van der Waals surface area contributed by atoms with Crippen LogP contribution in [0.15, 0.2) is 0 Å². The van der Waals surface area contributed by atoms with Crippen molar-refractivity contribution >= 4 is 5.97 Å². The minimum Gasteiger partial charge on any atom is -0.468 e. The number of nitrogens with zero attached hydrogens (tertiary/aromatic N) is 1. The van der Waals surface area contributed by atoms with Gasteiger partial charge in [-0.25, -0.2) is 0 Å². The van der Waals surface area contributed by atoms with E-state index < -0.39 is 24.2 Å². The van der Waals surface area contributed by atoms with Gasteiger partial charge in [0.15, 0.2) is 0 Å². The number of halogens is 3. The summed E-state index contributed by atoms with van der Waals surface area (Å²) in [5, 5.41) is 0. The number of methoxy groups -OCH3 is 1. The molecular weight excluding hydrogens is 225 g/mol. The van der Waals surface area contributed by atoms with Gasteiger partial charge >= 0.3 is 12.1 Å². The predicted molar refractivity (Wildman–Crippen MR) is 52.8 cm³/mol. The van der Waals surface area contributed by atoms with Gasteiger partial charge in [-0.2, -0.15) is 13.2 Å². The largest absolute Gasteiger partial charge is 0.468 e. The van der Waals surface area contributed by atoms with Gasteiger partial charge in [-0.15, -0.1) is 0 Å². The lowest BCUT2D eigenvalue weighted by Crippen LogP contribution is -2.55. The molecule has 0 saturated heterocycles. The topological polar surface area (TPSA) is 55.6 Å². The summed E-state index contributed by atoms with van der Waals surface area (Å²) < 4.78 is 40.9. The minimum atomic E-state index is -4.30. The van der Waals surface area contributed by atoms with Gasteiger partial charge < -0.3 is 10.5 Å². The van der Waals surface area contributed by atoms with Crippen molar-refractivity contribution in [3.8, 4) is 0 Å². The molecule has 0 bridgehead atoms. The van der Waals surface area contributed by atoms with E-state index in [0.717, 1.165) is 12.0 Å². The molecule has 2 N–H and O–H groups in total. The Kier molecular flexibility index (Phi) is 5.21. The van der Waals surface area contributed by atoms with Crippen molar-refractivity contribution < 1.29 is 22.7 Å². The van der Waals surface area contributed by atoms with E-state index in [9.17, 15) is 18.0 Å². The molecule has 4 nitrogen and oxygen atoms in total. The number of hydrogen-bond donors (Lipinski definition) is 1. The van der Waals surface area contributed by atoms with Crippen molar-refractivity contribution in [2.24, 2.45) is 5.73 Å². The van der Waals surface area contributed by atoms with Crippen LogP contribution in [0.4, 0.5) is 13.2 Å². The summed E-state index contributed by atoms with van der Waals surface area (Å²) >= 11 is 0. The number of carbonyl (C=O) groups excluding carboxylic acids is 1. The quantitative estimate of drug-likeness (QED) is 0.723. The smallest absolute Gasteiger partial charge is 0.401 e. The summed E-state index contributed by atoms with van der Waals surface area (Å²) in [6.45, 7) is 1.78. The number of alkyl halides is 3. The Morgan fingerprint density at radius 2 is 1.88 bits per heavy atom. The molecule has 0 aliphatic carbocycles. The van der Waals surface area contributed by atoms with Gasteiger partial charge in [0.1, 0.15) is 5.54 Å². The van der Waals surface area contributed by atoms with E-state index in [1.54, 1.807) is 6.92 Å². The molecule has 7 heteroatoms. The number of nitrogens with two attached hydrogens (primary N) is 1. The van der Waals surface area contributed by atoms with Crippen molar-refractivity contribution in [1.29, 1.82) is 0 Å². The maximum Gasteiger partial charge on any atom is 0.401 e. The molecule has 0 amide bonds. The number of likely N-dealkylation sites (N-methyl/N-ethyl adjacent to an activating group) is 1. The number of carbonyl (C=O) groups is 1. The van der Waals surface area contributed by atoms with E-state index in [1.807, 2.05) is 0 Å². The Hall–Kier alpha value is -0.820. The number of rotatable bonds is 5. The molecular formula is C9H17F3N2O2. The third-order valence-electron chi connectivity index (χ3n) is 2.05. The molecule has 0 aliphatic rings. The highest BCUT2D eigenvalue weighted by Crippen LogP contribution is 2.17. The van der Waals surface area contributed by atoms with Gasteiger partial charge in [0.05, 0.1) is 13.7 Å². The first kappa shape index (κ1) is 15.2. The lowest BCUT2D eigenvalue weighted by Gasteiger charge is -2.30. The molecule has 0 saturated carbocycles. The fourth-order valence-electron chi connectivity index (χ4n) is 1.30. The average molecular weight is 242 g/mol. The Balaban J connectivity index is 4.48. The molecule has 16 heavy (non-hydrogen) atoms. The lowest BCUT2D eigenvalue weighted by molar-refractivity contribution is -0.155. The summed E-state index contributed by atoms with van der Waals surface area (Å²) in [6.07, 6.45) is -4.30. The van der Waals surface area contributed by atoms with Crippen molar-refractivity contribution in [3.05, 3.63) is 0 Å². The van der Waals surface area contributed by atoms with Gasteiger partial charge in [0.25, 0.3) is 0 Å². The van der Waals surface area contributed by atoms with Gasteiger partial charge in [-0.05, 0) is 13.5 Å². The Morgan fingerprint density at radius 3 is 2.19 bits per heavy atom. The van der Waals surface area contributed by atoms with Crippen LogP contribution in [-0.2, 0) is 9.53 Å². The summed E-state index contributed by atoms with van der Waals surface area (Å²) in [7, 11) is 1.15. The Bertz CT molecular complexity index is 241. The maximum atomic E-state index is 12.2. The van der Waals surface area contributed by atoms with Crippen LogP contribution in [0.3, 0.4) is 0 Å². The summed E-state index contributed by atoms with van der Waals surface area (Å²) in [4.78, 5) is 12.2. The minimum absolute atomic E-state index is 0.156. The number of ether oxygens (including phenoxy) is 1. The van der Waals surface area contributed by atoms with Crippen molar-refractivity contribution in [2.45, 2.75) is 25.6 Å². The zero-order valence-corrected chi connectivity index (χ0v) is 9.60. The van der Waals surface area contributed by atoms with E-state index >= 15 is 0 Å². The Labute approximate surface area is 92.5 Å². The molecule has 0 fully saturated rings. The molecule has 0 aromatic rings. The van der Waals surface area contributed by atoms with E-state index in [1.165, 1.54) is 6.92 Å². The third kappa shape index (κ3) is 5.32. The average Bonchev–Trinajstić information content (AvgIpc) is 2.12. The molecule has 0 radical (unpaired) electrons. The number of esters is 1. The van der Waals surface area contributed by atoms with E-state index in [2.05, 4.69) is 4.74 Å². The lowest BCUT2D eigenvalue weighted by atomic mass is 10.0. The fraction of sp³-hybridized carbons (Fsp3) is 0.889. The van der Waals surface area contributed by atoms with Gasteiger partial charge in [0, 0.05) is 6.54 Å². The predicted octanol–water partition coefficient (Wildman–Crippen LogP) is 0.761. The zero-order chi connectivity index (χ0) is 13.0. The molecule has 1 unspecified atom stereocenters. The highest BCUT2D eigenvalue weighted by Gasteiger charge is 2.36. The fourth-order valence-corrected chi connectivity index (χ4v) is 1.30. The second-order valence-corrected chi connectivity index (χ2v) is 3.83. The zero-order valence-electron chi connectivity index (χ0n) is 9.60. The molecule has 0 heterocycles. The summed E-state index contributed by atoms with van der Waals surface area (Å²) in [5.74, 6) is -0.729. The maximum absolute atomic E-state index is 12.2. The van der Waals surface area contributed by atoms with Crippen molar-refractivity contribution in [3.63, 3.8) is 0 Å². The second-order valence-electron chi connectivity index (χ2n) is 3.83. The molecule has 1 atom stereocenters. The molecule has 96 valence electrons. The van der Waals surface area contributed by atoms with Crippen molar-refractivity contribution in [2.75, 3.05) is 26.7 Å². The monoisotopic (exact) mass is 242 g/mol. The van der Waals surface area contributed by atoms with Gasteiger partial charge in [-0.1, -0.05) is 6.92 Å². The van der Waals surface area contributed by atoms with E-state index in [-0.39, 0.29) is 13.1 Å². The summed E-state index contributed by atoms with van der Waals surface area (Å²) in [5.41, 5.74) is 4.15. The van der Waals surface area contributed by atoms with Gasteiger partial charge in [-0.3, -0.25) is 9.69 Å². The van der Waals surface area contributed by atoms with Crippen LogP contribution in [0, 0.1) is 0 Å². The standard InChI is InChI=1S/C9H17F3N2O2/c1-4-14(6-9(10,11)12)5-8(2,13)7(15)16-3/h4-6,13H2,1-3H3. The normalized spacial score (nSPS) is 16.0. The highest BCUT2D eigenvalue weighted by atomic mass is 19.4. The van der Waals surface area contributed by atoms with Gasteiger partial charge in [0.2, 0.25) is 0 Å². The molecule has 0 aliphatic heterocycles. The summed E-state index contributed by atoms with van der Waals surface area (Å²) in [6, 6.07) is 0. The first-order valence-electron chi connectivity index (χ1n) is 4.79.